The molecule has 674 valence electrons. The molecule has 0 bridgehead atoms. The molecule has 1 saturated carbocycles. The zero-order valence-electron chi connectivity index (χ0n) is 72.4. The number of carboxylic acids is 3. The maximum absolute atomic E-state index is 15.3. The quantitative estimate of drug-likeness (QED) is 0.0295. The number of nitrogens with one attached hydrogen (secondary N) is 5. The molecule has 129 heavy (non-hydrogen) atoms. The number of tetrazole rings is 1. The number of hydrogen-bond acceptors (Lipinski definition) is 15. The van der Waals surface area contributed by atoms with Gasteiger partial charge in [-0.15, -0.1) is 10.2 Å². The number of nitrogens with zero attached hydrogens (tertiary/aromatic N) is 7. The molecule has 0 spiro atoms. The maximum atomic E-state index is 15.3. The van der Waals surface area contributed by atoms with E-state index >= 15 is 8.78 Å². The van der Waals surface area contributed by atoms with Crippen LogP contribution in [0.3, 0.4) is 0 Å². The number of H-pyrrole nitrogens is 1. The highest BCUT2D eigenvalue weighted by atomic mass is 35.5. The molecule has 3 saturated heterocycles. The molecule has 8 heterocycles. The Bertz CT molecular complexity index is 6530. The summed E-state index contributed by atoms with van der Waals surface area (Å²) in [5.74, 6) is -4.99. The van der Waals surface area contributed by atoms with Gasteiger partial charge in [-0.2, -0.15) is 5.21 Å². The molecular formula is C95H95Cl5F2N12O15. The molecule has 34 heteroatoms. The summed E-state index contributed by atoms with van der Waals surface area (Å²) in [4.78, 5) is 87.5. The molecule has 27 nitrogen and oxygen atoms in total. The Morgan fingerprint density at radius 2 is 0.938 bits per heavy atom. The minimum Gasteiger partial charge on any atom is -0.495 e. The first-order valence-corrected chi connectivity index (χ1v) is 43.4. The van der Waals surface area contributed by atoms with Crippen molar-refractivity contribution in [3.63, 3.8) is 0 Å². The standard InChI is InChI=1S/C25H26ClFN2O5.C24H24Cl2N2O3.C24H24ClFN2O5.C22H21ClN6O2/c1-24(2,23(31)32)14-5-6-16(17(27)11-14)25(9-10-34-13-25)28-22(30)19-12-15-18(29(19)3)7-8-20(33-4)21(15)26;1-3-16(23(30)31)14-5-7-15(8-6-14)24(11-4-12-24)27-22(29)20-13-17-19(28(20)2)10-9-18(25)21(17)26;1-13(23(30)31)14-4-5-16(17(26)10-14)24(8-9-33-12-24)27-22(29)19-11-15-18(28(19)2)6-7-20(32-3)21(15)25;1-13-3-8-17-16(20(13)23)10-18(29(17)2)21(30)24-22(11-31-12-22)15-6-4-14(5-7-15)9-19-25-27-28-26-19/h5-8,11-12H,9-10,13H2,1-4H3,(H,28,30)(H,31,32);5-10,13,16H,3-4,11-12H2,1-2H3,(H,27,29)(H,30,31);4-7,10-11,13H,8-9,12H2,1-3H3,(H,27,29)(H,30,31);3-8,10H,9,11-12H2,1-2H3,(H,24,30)(H,25,26,27,28). The molecule has 4 atom stereocenters. The lowest BCUT2D eigenvalue weighted by atomic mass is 9.71. The number of aromatic amines is 1. The van der Waals surface area contributed by atoms with E-state index in [1.165, 1.54) is 59.3 Å². The van der Waals surface area contributed by atoms with Gasteiger partial charge >= 0.3 is 17.9 Å². The molecule has 17 rings (SSSR count). The van der Waals surface area contributed by atoms with Crippen LogP contribution in [0.1, 0.15) is 176 Å². The van der Waals surface area contributed by atoms with Crippen molar-refractivity contribution >= 4 is 143 Å². The van der Waals surface area contributed by atoms with Crippen molar-refractivity contribution in [1.82, 2.24) is 60.2 Å². The van der Waals surface area contributed by atoms with Crippen molar-refractivity contribution in [1.29, 1.82) is 0 Å². The maximum Gasteiger partial charge on any atom is 0.313 e. The first kappa shape index (κ1) is 93.2. The molecule has 4 unspecified atom stereocenters. The van der Waals surface area contributed by atoms with Crippen LogP contribution in [0.25, 0.3) is 43.6 Å². The number of hydrogen-bond donors (Lipinski definition) is 8. The number of methoxy groups -OCH3 is 2. The number of aryl methyl sites for hydroxylation is 5. The van der Waals surface area contributed by atoms with Crippen molar-refractivity contribution in [3.8, 4) is 11.5 Å². The molecule has 13 aromatic rings. The van der Waals surface area contributed by atoms with Crippen molar-refractivity contribution < 1.29 is 81.3 Å². The van der Waals surface area contributed by atoms with Crippen LogP contribution in [0, 0.1) is 18.6 Å². The van der Waals surface area contributed by atoms with Crippen molar-refractivity contribution in [3.05, 3.63) is 273 Å². The molecule has 4 aliphatic rings. The number of carbonyl (C=O) groups excluding carboxylic acids is 4. The summed E-state index contributed by atoms with van der Waals surface area (Å²) < 4.78 is 64.8. The van der Waals surface area contributed by atoms with Gasteiger partial charge in [0.25, 0.3) is 23.6 Å². The van der Waals surface area contributed by atoms with Gasteiger partial charge in [-0.05, 0) is 171 Å². The Labute approximate surface area is 765 Å². The first-order chi connectivity index (χ1) is 61.4. The summed E-state index contributed by atoms with van der Waals surface area (Å²) in [5.41, 5.74) is 6.60. The van der Waals surface area contributed by atoms with Crippen LogP contribution in [-0.4, -0.2) is 150 Å². The monoisotopic (exact) mass is 1860 g/mol. The highest BCUT2D eigenvalue weighted by Gasteiger charge is 2.46. The van der Waals surface area contributed by atoms with Gasteiger partial charge in [-0.3, -0.25) is 33.6 Å². The second-order valence-corrected chi connectivity index (χ2v) is 35.4. The number of halogens is 7. The van der Waals surface area contributed by atoms with Crippen LogP contribution in [0.4, 0.5) is 8.78 Å². The fraction of sp³-hybridized carbons (Fsp3) is 0.326. The van der Waals surface area contributed by atoms with Gasteiger partial charge in [0.2, 0.25) is 0 Å². The van der Waals surface area contributed by atoms with Crippen LogP contribution in [0.15, 0.2) is 158 Å². The number of aliphatic carboxylic acids is 3. The Morgan fingerprint density at radius 3 is 1.34 bits per heavy atom. The van der Waals surface area contributed by atoms with Gasteiger partial charge < -0.3 is 78.5 Å². The fourth-order valence-corrected chi connectivity index (χ4v) is 18.3. The average molecular weight is 1860 g/mol. The topological polar surface area (TPSA) is 349 Å². The first-order valence-electron chi connectivity index (χ1n) is 41.5. The van der Waals surface area contributed by atoms with E-state index in [9.17, 15) is 48.9 Å². The van der Waals surface area contributed by atoms with Gasteiger partial charge in [-0.1, -0.05) is 149 Å². The SMILES string of the molecule is CCC(C(=O)O)c1ccc(C2(NC(=O)c3cc4c(Cl)c(Cl)ccc4n3C)CCC2)cc1.COc1ccc2c(cc(C(=O)NC3(c4ccc(C(C)(C)C(=O)O)cc4F)CCOC3)n2C)c1Cl.COc1ccc2c(cc(C(=O)NC3(c4ccc(C(C)C(=O)O)cc4F)CCOC3)n2C)c1Cl.Cc1ccc2c(cc(C(=O)NC3(c4ccc(Cc5nn[nH]n5)cc4)COC3)n2C)c1Cl. The molecule has 8 N–H and O–H groups in total. The van der Waals surface area contributed by atoms with Crippen LogP contribution >= 0.6 is 58.0 Å². The van der Waals surface area contributed by atoms with Crippen LogP contribution < -0.4 is 30.7 Å². The Hall–Kier alpha value is -11.9. The molecule has 4 amide bonds. The largest absolute Gasteiger partial charge is 0.495 e. The van der Waals surface area contributed by atoms with E-state index in [1.807, 2.05) is 122 Å². The lowest BCUT2D eigenvalue weighted by molar-refractivity contribution is -0.142. The van der Waals surface area contributed by atoms with Gasteiger partial charge in [0.15, 0.2) is 5.82 Å². The van der Waals surface area contributed by atoms with Gasteiger partial charge in [0, 0.05) is 104 Å². The van der Waals surface area contributed by atoms with Crippen LogP contribution in [-0.2, 0) is 90.8 Å². The number of carbonyl (C=O) groups is 7. The third kappa shape index (κ3) is 18.1. The summed E-state index contributed by atoms with van der Waals surface area (Å²) in [6.45, 7) is 10.1. The van der Waals surface area contributed by atoms with E-state index in [0.29, 0.717) is 139 Å². The van der Waals surface area contributed by atoms with Gasteiger partial charge in [0.05, 0.1) is 111 Å². The fourth-order valence-electron chi connectivity index (χ4n) is 17.1. The second kappa shape index (κ2) is 37.6. The minimum atomic E-state index is -1.26. The third-order valence-corrected chi connectivity index (χ3v) is 27.5. The van der Waals surface area contributed by atoms with Crippen molar-refractivity contribution in [2.24, 2.45) is 28.2 Å². The number of amides is 4. The normalized spacial score (nSPS) is 17.1. The Morgan fingerprint density at radius 1 is 0.512 bits per heavy atom. The number of aromatic nitrogens is 8. The lowest BCUT2D eigenvalue weighted by Gasteiger charge is -2.43. The number of fused-ring (bicyclic) bond motifs is 4. The summed E-state index contributed by atoms with van der Waals surface area (Å²) >= 11 is 31.8. The van der Waals surface area contributed by atoms with Gasteiger partial charge in [0.1, 0.15) is 51.4 Å². The second-order valence-electron chi connectivity index (χ2n) is 33.5. The Balaban J connectivity index is 0.000000139. The van der Waals surface area contributed by atoms with E-state index in [-0.39, 0.29) is 36.2 Å². The van der Waals surface area contributed by atoms with E-state index in [0.717, 1.165) is 79.9 Å². The zero-order chi connectivity index (χ0) is 92.7. The summed E-state index contributed by atoms with van der Waals surface area (Å²) in [6.07, 6.45) is 4.56. The van der Waals surface area contributed by atoms with Crippen molar-refractivity contribution in [2.75, 3.05) is 53.9 Å². The zero-order valence-corrected chi connectivity index (χ0v) is 76.2. The number of rotatable bonds is 23. The van der Waals surface area contributed by atoms with E-state index in [2.05, 4.69) is 41.9 Å². The summed E-state index contributed by atoms with van der Waals surface area (Å²) in [5, 5.41) is 59.8. The molecular weight excluding hydrogens is 1760 g/mol. The number of benzene rings is 8. The summed E-state index contributed by atoms with van der Waals surface area (Å²) in [7, 11) is 10.2. The predicted molar refractivity (Wildman–Crippen MR) is 487 cm³/mol. The molecule has 4 fully saturated rings. The van der Waals surface area contributed by atoms with Crippen molar-refractivity contribution in [2.45, 2.75) is 119 Å². The van der Waals surface area contributed by atoms with E-state index in [4.69, 9.17) is 81.7 Å². The lowest BCUT2D eigenvalue weighted by Crippen LogP contribution is -2.59. The average Bonchev–Trinajstić information content (AvgIpc) is 1.62. The van der Waals surface area contributed by atoms with E-state index < -0.39 is 80.8 Å². The molecule has 0 radical (unpaired) electrons. The minimum absolute atomic E-state index is 0.0931. The highest BCUT2D eigenvalue weighted by molar-refractivity contribution is 6.45. The smallest absolute Gasteiger partial charge is 0.313 e. The Kier molecular flexibility index (Phi) is 27.2. The summed E-state index contributed by atoms with van der Waals surface area (Å²) in [6, 6.07) is 45.9. The number of carboxylic acid groups (broad SMARTS) is 3. The van der Waals surface area contributed by atoms with Gasteiger partial charge in [-0.25, -0.2) is 8.78 Å². The predicted octanol–water partition coefficient (Wildman–Crippen LogP) is 17.4. The molecule has 5 aromatic heterocycles. The van der Waals surface area contributed by atoms with E-state index in [1.54, 1.807) is 71.8 Å². The van der Waals surface area contributed by atoms with Crippen LogP contribution in [0.5, 0.6) is 11.5 Å². The molecule has 8 aromatic carbocycles. The number of ether oxygens (including phenoxy) is 5. The molecule has 1 aliphatic carbocycles. The van der Waals surface area contributed by atoms with Crippen LogP contribution in [0.2, 0.25) is 25.1 Å². The highest BCUT2D eigenvalue weighted by Crippen LogP contribution is 2.45. The third-order valence-electron chi connectivity index (χ3n) is 25.4. The molecule has 3 aliphatic heterocycles.